The van der Waals surface area contributed by atoms with E-state index in [-0.39, 0.29) is 0 Å². The molecule has 0 bridgehead atoms. The summed E-state index contributed by atoms with van der Waals surface area (Å²) in [6.07, 6.45) is 9.54. The van der Waals surface area contributed by atoms with E-state index in [0.29, 0.717) is 6.04 Å². The minimum Gasteiger partial charge on any atom is -0.311 e. The van der Waals surface area contributed by atoms with E-state index in [1.54, 1.807) is 6.08 Å². The Morgan fingerprint density at radius 3 is 2.73 bits per heavy atom. The fourth-order valence-electron chi connectivity index (χ4n) is 1.49. The van der Waals surface area contributed by atoms with E-state index in [9.17, 15) is 4.79 Å². The van der Waals surface area contributed by atoms with Gasteiger partial charge in [-0.25, -0.2) is 0 Å². The lowest BCUT2D eigenvalue weighted by Crippen LogP contribution is -2.25. The Morgan fingerprint density at radius 2 is 2.09 bits per heavy atom. The van der Waals surface area contributed by atoms with E-state index in [4.69, 9.17) is 0 Å². The van der Waals surface area contributed by atoms with Crippen LogP contribution in [0.15, 0.2) is 12.2 Å². The summed E-state index contributed by atoms with van der Waals surface area (Å²) in [5, 5.41) is 3.37. The van der Waals surface area contributed by atoms with Crippen molar-refractivity contribution in [2.24, 2.45) is 0 Å². The Morgan fingerprint density at radius 1 is 1.36 bits per heavy atom. The van der Waals surface area contributed by atoms with Crippen LogP contribution in [0.1, 0.15) is 25.7 Å². The number of rotatable bonds is 4. The van der Waals surface area contributed by atoms with Gasteiger partial charge in [-0.05, 0) is 18.9 Å². The average molecular weight is 153 g/mol. The zero-order valence-corrected chi connectivity index (χ0v) is 6.75. The molecule has 0 aromatic heterocycles. The SMILES string of the molecule is O=CC=CCNC1CCCC1. The Bertz CT molecular complexity index is 136. The van der Waals surface area contributed by atoms with Crippen molar-refractivity contribution in [3.63, 3.8) is 0 Å². The maximum atomic E-state index is 9.89. The Kier molecular flexibility index (Phi) is 3.91. The molecule has 0 amide bonds. The van der Waals surface area contributed by atoms with Gasteiger partial charge < -0.3 is 5.32 Å². The van der Waals surface area contributed by atoms with Crippen molar-refractivity contribution in [3.05, 3.63) is 12.2 Å². The maximum absolute atomic E-state index is 9.89. The molecule has 0 radical (unpaired) electrons. The molecule has 2 nitrogen and oxygen atoms in total. The molecule has 0 atom stereocenters. The molecule has 1 aliphatic rings. The van der Waals surface area contributed by atoms with Crippen LogP contribution in [-0.2, 0) is 4.79 Å². The minimum atomic E-state index is 0.700. The second-order valence-electron chi connectivity index (χ2n) is 2.95. The summed E-state index contributed by atoms with van der Waals surface area (Å²) in [6.45, 7) is 0.837. The van der Waals surface area contributed by atoms with Gasteiger partial charge in [0.05, 0.1) is 0 Å². The molecule has 2 heteroatoms. The summed E-state index contributed by atoms with van der Waals surface area (Å²) in [5.74, 6) is 0. The largest absolute Gasteiger partial charge is 0.311 e. The van der Waals surface area contributed by atoms with E-state index in [0.717, 1.165) is 12.8 Å². The van der Waals surface area contributed by atoms with Crippen molar-refractivity contribution in [2.75, 3.05) is 6.54 Å². The zero-order valence-electron chi connectivity index (χ0n) is 6.75. The van der Waals surface area contributed by atoms with Crippen molar-refractivity contribution in [1.29, 1.82) is 0 Å². The Balaban J connectivity index is 2.01. The zero-order chi connectivity index (χ0) is 7.94. The van der Waals surface area contributed by atoms with E-state index in [2.05, 4.69) is 5.32 Å². The van der Waals surface area contributed by atoms with Crippen LogP contribution in [0.3, 0.4) is 0 Å². The standard InChI is InChI=1S/C9H15NO/c11-8-4-3-7-10-9-5-1-2-6-9/h3-4,8-10H,1-2,5-7H2. The first-order valence-electron chi connectivity index (χ1n) is 4.27. The Hall–Kier alpha value is -0.630. The highest BCUT2D eigenvalue weighted by atomic mass is 16.1. The first-order valence-corrected chi connectivity index (χ1v) is 4.27. The smallest absolute Gasteiger partial charge is 0.142 e. The molecule has 0 saturated heterocycles. The molecule has 0 aromatic carbocycles. The van der Waals surface area contributed by atoms with Crippen molar-refractivity contribution >= 4 is 6.29 Å². The van der Waals surface area contributed by atoms with Gasteiger partial charge in [0.15, 0.2) is 0 Å². The summed E-state index contributed by atoms with van der Waals surface area (Å²) in [4.78, 5) is 9.89. The molecular weight excluding hydrogens is 138 g/mol. The molecule has 62 valence electrons. The normalized spacial score (nSPS) is 19.6. The fourth-order valence-corrected chi connectivity index (χ4v) is 1.49. The second kappa shape index (κ2) is 5.08. The first kappa shape index (κ1) is 8.47. The van der Waals surface area contributed by atoms with Crippen LogP contribution in [-0.4, -0.2) is 18.9 Å². The molecule has 1 aliphatic carbocycles. The minimum absolute atomic E-state index is 0.700. The quantitative estimate of drug-likeness (QED) is 0.487. The third-order valence-corrected chi connectivity index (χ3v) is 2.09. The van der Waals surface area contributed by atoms with Gasteiger partial charge in [-0.2, -0.15) is 0 Å². The van der Waals surface area contributed by atoms with E-state index < -0.39 is 0 Å². The molecule has 0 aromatic rings. The Labute approximate surface area is 67.7 Å². The lowest BCUT2D eigenvalue weighted by Gasteiger charge is -2.07. The van der Waals surface area contributed by atoms with E-state index in [1.807, 2.05) is 6.08 Å². The van der Waals surface area contributed by atoms with Gasteiger partial charge in [0.2, 0.25) is 0 Å². The lowest BCUT2D eigenvalue weighted by molar-refractivity contribution is -0.104. The molecule has 1 rings (SSSR count). The number of hydrogen-bond acceptors (Lipinski definition) is 2. The van der Waals surface area contributed by atoms with E-state index in [1.165, 1.54) is 25.7 Å². The van der Waals surface area contributed by atoms with Gasteiger partial charge in [0.1, 0.15) is 6.29 Å². The van der Waals surface area contributed by atoms with Crippen LogP contribution in [0.25, 0.3) is 0 Å². The lowest BCUT2D eigenvalue weighted by atomic mass is 10.2. The number of aldehydes is 1. The second-order valence-corrected chi connectivity index (χ2v) is 2.95. The summed E-state index contributed by atoms with van der Waals surface area (Å²) in [7, 11) is 0. The number of carbonyl (C=O) groups excluding carboxylic acids is 1. The molecule has 0 spiro atoms. The van der Waals surface area contributed by atoms with Gasteiger partial charge in [-0.1, -0.05) is 18.9 Å². The van der Waals surface area contributed by atoms with Crippen molar-refractivity contribution in [3.8, 4) is 0 Å². The molecule has 0 heterocycles. The average Bonchev–Trinajstić information content (AvgIpc) is 2.50. The highest BCUT2D eigenvalue weighted by Crippen LogP contribution is 2.17. The van der Waals surface area contributed by atoms with Crippen LogP contribution >= 0.6 is 0 Å². The highest BCUT2D eigenvalue weighted by molar-refractivity contribution is 5.64. The van der Waals surface area contributed by atoms with Crippen LogP contribution in [0, 0.1) is 0 Å². The van der Waals surface area contributed by atoms with Gasteiger partial charge >= 0.3 is 0 Å². The monoisotopic (exact) mass is 153 g/mol. The molecule has 11 heavy (non-hydrogen) atoms. The van der Waals surface area contributed by atoms with Gasteiger partial charge in [0.25, 0.3) is 0 Å². The maximum Gasteiger partial charge on any atom is 0.142 e. The predicted molar refractivity (Wildman–Crippen MR) is 45.5 cm³/mol. The van der Waals surface area contributed by atoms with Crippen molar-refractivity contribution < 1.29 is 4.79 Å². The molecular formula is C9H15NO. The number of allylic oxidation sites excluding steroid dienone is 1. The molecule has 0 unspecified atom stereocenters. The number of nitrogens with one attached hydrogen (secondary N) is 1. The van der Waals surface area contributed by atoms with Crippen LogP contribution in [0.4, 0.5) is 0 Å². The van der Waals surface area contributed by atoms with Gasteiger partial charge in [0, 0.05) is 12.6 Å². The van der Waals surface area contributed by atoms with Gasteiger partial charge in [-0.15, -0.1) is 0 Å². The summed E-state index contributed by atoms with van der Waals surface area (Å²) in [6, 6.07) is 0.700. The van der Waals surface area contributed by atoms with Gasteiger partial charge in [-0.3, -0.25) is 4.79 Å². The topological polar surface area (TPSA) is 29.1 Å². The van der Waals surface area contributed by atoms with Crippen LogP contribution in [0.2, 0.25) is 0 Å². The molecule has 1 N–H and O–H groups in total. The fraction of sp³-hybridized carbons (Fsp3) is 0.667. The van der Waals surface area contributed by atoms with Crippen molar-refractivity contribution in [2.45, 2.75) is 31.7 Å². The summed E-state index contributed by atoms with van der Waals surface area (Å²) < 4.78 is 0. The highest BCUT2D eigenvalue weighted by Gasteiger charge is 2.12. The third kappa shape index (κ3) is 3.33. The summed E-state index contributed by atoms with van der Waals surface area (Å²) in [5.41, 5.74) is 0. The summed E-state index contributed by atoms with van der Waals surface area (Å²) >= 11 is 0. The third-order valence-electron chi connectivity index (χ3n) is 2.09. The van der Waals surface area contributed by atoms with Crippen molar-refractivity contribution in [1.82, 2.24) is 5.32 Å². The molecule has 0 aliphatic heterocycles. The van der Waals surface area contributed by atoms with Crippen LogP contribution in [0.5, 0.6) is 0 Å². The predicted octanol–water partition coefficient (Wildman–Crippen LogP) is 1.27. The van der Waals surface area contributed by atoms with Crippen LogP contribution < -0.4 is 5.32 Å². The first-order chi connectivity index (χ1) is 5.43. The molecule has 1 saturated carbocycles. The van der Waals surface area contributed by atoms with E-state index >= 15 is 0 Å². The number of hydrogen-bond donors (Lipinski definition) is 1. The molecule has 1 fully saturated rings. The number of carbonyl (C=O) groups is 1.